The molecule has 1 aromatic heterocycles. The molecule has 0 bridgehead atoms. The molecule has 0 unspecified atom stereocenters. The van der Waals surface area contributed by atoms with Crippen LogP contribution < -0.4 is 14.8 Å². The first-order valence-corrected chi connectivity index (χ1v) is 8.53. The summed E-state index contributed by atoms with van der Waals surface area (Å²) in [6.07, 6.45) is 3.06. The number of amides is 1. The SMILES string of the molecule is COc1ccc(NC(=O)c2cn(C(=O)/C=C/C(=O)O)c3ccccc23)c(OC)c1. The summed E-state index contributed by atoms with van der Waals surface area (Å²) in [6, 6.07) is 11.8. The molecule has 2 aromatic carbocycles. The van der Waals surface area contributed by atoms with E-state index in [4.69, 9.17) is 14.6 Å². The van der Waals surface area contributed by atoms with E-state index in [1.807, 2.05) is 0 Å². The highest BCUT2D eigenvalue weighted by Crippen LogP contribution is 2.30. The smallest absolute Gasteiger partial charge is 0.328 e. The Balaban J connectivity index is 1.99. The van der Waals surface area contributed by atoms with E-state index in [2.05, 4.69) is 5.32 Å². The predicted octanol–water partition coefficient (Wildman–Crippen LogP) is 3.19. The van der Waals surface area contributed by atoms with Crippen LogP contribution in [-0.4, -0.2) is 41.7 Å². The van der Waals surface area contributed by atoms with Crippen LogP contribution >= 0.6 is 0 Å². The number of hydrogen-bond acceptors (Lipinski definition) is 5. The van der Waals surface area contributed by atoms with Crippen molar-refractivity contribution in [3.63, 3.8) is 0 Å². The first-order chi connectivity index (χ1) is 13.9. The molecular weight excluding hydrogens is 376 g/mol. The molecule has 0 aliphatic heterocycles. The number of rotatable bonds is 6. The Bertz CT molecular complexity index is 1130. The third kappa shape index (κ3) is 4.11. The fraction of sp³-hybridized carbons (Fsp3) is 0.0952. The number of allylic oxidation sites excluding steroid dienone is 1. The van der Waals surface area contributed by atoms with E-state index in [0.29, 0.717) is 28.1 Å². The number of aliphatic carboxylic acids is 1. The number of nitrogens with one attached hydrogen (secondary N) is 1. The summed E-state index contributed by atoms with van der Waals surface area (Å²) in [5.41, 5.74) is 1.18. The third-order valence-corrected chi connectivity index (χ3v) is 4.22. The first-order valence-electron chi connectivity index (χ1n) is 8.53. The zero-order valence-corrected chi connectivity index (χ0v) is 15.7. The average molecular weight is 394 g/mol. The van der Waals surface area contributed by atoms with Gasteiger partial charge in [-0.2, -0.15) is 0 Å². The summed E-state index contributed by atoms with van der Waals surface area (Å²) in [4.78, 5) is 36.0. The monoisotopic (exact) mass is 394 g/mol. The minimum absolute atomic E-state index is 0.260. The third-order valence-electron chi connectivity index (χ3n) is 4.22. The Morgan fingerprint density at radius 1 is 1.03 bits per heavy atom. The Kier molecular flexibility index (Phi) is 5.64. The van der Waals surface area contributed by atoms with Crippen molar-refractivity contribution in [3.8, 4) is 11.5 Å². The van der Waals surface area contributed by atoms with Gasteiger partial charge >= 0.3 is 5.97 Å². The number of anilines is 1. The molecule has 0 radical (unpaired) electrons. The number of ether oxygens (including phenoxy) is 2. The van der Waals surface area contributed by atoms with Gasteiger partial charge < -0.3 is 19.9 Å². The summed E-state index contributed by atoms with van der Waals surface area (Å²) < 4.78 is 11.7. The largest absolute Gasteiger partial charge is 0.497 e. The lowest BCUT2D eigenvalue weighted by Gasteiger charge is -2.11. The number of carbonyl (C=O) groups is 3. The molecule has 0 saturated carbocycles. The summed E-state index contributed by atoms with van der Waals surface area (Å²) in [6.45, 7) is 0. The number of hydrogen-bond donors (Lipinski definition) is 2. The van der Waals surface area contributed by atoms with Gasteiger partial charge in [0.25, 0.3) is 11.8 Å². The fourth-order valence-electron chi connectivity index (χ4n) is 2.86. The molecule has 0 saturated heterocycles. The van der Waals surface area contributed by atoms with E-state index in [1.165, 1.54) is 25.0 Å². The average Bonchev–Trinajstić information content (AvgIpc) is 3.12. The molecule has 2 N–H and O–H groups in total. The molecule has 8 heteroatoms. The van der Waals surface area contributed by atoms with Gasteiger partial charge in [0, 0.05) is 29.8 Å². The van der Waals surface area contributed by atoms with Crippen LogP contribution in [0, 0.1) is 0 Å². The van der Waals surface area contributed by atoms with Crippen molar-refractivity contribution in [2.75, 3.05) is 19.5 Å². The van der Waals surface area contributed by atoms with Gasteiger partial charge in [-0.3, -0.25) is 14.2 Å². The second-order valence-corrected chi connectivity index (χ2v) is 5.96. The van der Waals surface area contributed by atoms with Gasteiger partial charge in [-0.25, -0.2) is 4.79 Å². The number of para-hydroxylation sites is 1. The van der Waals surface area contributed by atoms with Crippen LogP contribution in [0.3, 0.4) is 0 Å². The van der Waals surface area contributed by atoms with Crippen molar-refractivity contribution in [1.29, 1.82) is 0 Å². The van der Waals surface area contributed by atoms with Crippen molar-refractivity contribution in [2.45, 2.75) is 0 Å². The molecule has 0 aliphatic rings. The summed E-state index contributed by atoms with van der Waals surface area (Å²) in [5, 5.41) is 12.1. The van der Waals surface area contributed by atoms with Crippen LogP contribution in [-0.2, 0) is 4.79 Å². The van der Waals surface area contributed by atoms with Crippen molar-refractivity contribution >= 4 is 34.4 Å². The van der Waals surface area contributed by atoms with Gasteiger partial charge in [-0.15, -0.1) is 0 Å². The predicted molar refractivity (Wildman–Crippen MR) is 107 cm³/mol. The van der Waals surface area contributed by atoms with Crippen LogP contribution in [0.25, 0.3) is 10.9 Å². The molecule has 1 amide bonds. The van der Waals surface area contributed by atoms with Crippen LogP contribution in [0.15, 0.2) is 60.8 Å². The number of benzene rings is 2. The molecule has 8 nitrogen and oxygen atoms in total. The van der Waals surface area contributed by atoms with E-state index in [-0.39, 0.29) is 5.56 Å². The zero-order valence-electron chi connectivity index (χ0n) is 15.7. The molecule has 148 valence electrons. The van der Waals surface area contributed by atoms with Crippen LogP contribution in [0.2, 0.25) is 0 Å². The number of methoxy groups -OCH3 is 2. The Hall–Kier alpha value is -4.07. The molecule has 0 fully saturated rings. The highest BCUT2D eigenvalue weighted by molar-refractivity contribution is 6.15. The highest BCUT2D eigenvalue weighted by Gasteiger charge is 2.18. The number of fused-ring (bicyclic) bond motifs is 1. The van der Waals surface area contributed by atoms with Gasteiger partial charge in [0.1, 0.15) is 11.5 Å². The minimum atomic E-state index is -1.24. The first kappa shape index (κ1) is 19.7. The molecular formula is C21H18N2O6. The molecule has 1 heterocycles. The number of carboxylic acid groups (broad SMARTS) is 1. The molecule has 0 atom stereocenters. The zero-order chi connectivity index (χ0) is 21.0. The second-order valence-electron chi connectivity index (χ2n) is 5.96. The minimum Gasteiger partial charge on any atom is -0.497 e. The van der Waals surface area contributed by atoms with Gasteiger partial charge in [0.15, 0.2) is 0 Å². The lowest BCUT2D eigenvalue weighted by atomic mass is 10.1. The van der Waals surface area contributed by atoms with Gasteiger partial charge in [-0.05, 0) is 18.2 Å². The maximum absolute atomic E-state index is 12.9. The standard InChI is InChI=1S/C21H18N2O6/c1-28-13-7-8-16(18(11-13)29-2)22-21(27)15-12-23(19(24)9-10-20(25)26)17-6-4-3-5-14(15)17/h3-12H,1-2H3,(H,22,27)(H,25,26)/b10-9+. The van der Waals surface area contributed by atoms with Gasteiger partial charge in [0.05, 0.1) is 31.0 Å². The summed E-state index contributed by atoms with van der Waals surface area (Å²) >= 11 is 0. The molecule has 3 rings (SSSR count). The van der Waals surface area contributed by atoms with Crippen molar-refractivity contribution in [1.82, 2.24) is 4.57 Å². The van der Waals surface area contributed by atoms with E-state index in [0.717, 1.165) is 12.2 Å². The molecule has 0 aliphatic carbocycles. The van der Waals surface area contributed by atoms with Crippen LogP contribution in [0.4, 0.5) is 5.69 Å². The number of carbonyl (C=O) groups excluding carboxylic acids is 2. The number of aromatic nitrogens is 1. The molecule has 29 heavy (non-hydrogen) atoms. The Labute approximate surface area is 166 Å². The Morgan fingerprint density at radius 3 is 2.48 bits per heavy atom. The van der Waals surface area contributed by atoms with Gasteiger partial charge in [-0.1, -0.05) is 18.2 Å². The van der Waals surface area contributed by atoms with E-state index in [9.17, 15) is 14.4 Å². The van der Waals surface area contributed by atoms with Gasteiger partial charge in [0.2, 0.25) is 0 Å². The van der Waals surface area contributed by atoms with E-state index in [1.54, 1.807) is 42.5 Å². The molecule has 0 spiro atoms. The van der Waals surface area contributed by atoms with E-state index < -0.39 is 17.8 Å². The van der Waals surface area contributed by atoms with Crippen molar-refractivity contribution in [3.05, 3.63) is 66.4 Å². The van der Waals surface area contributed by atoms with Crippen molar-refractivity contribution < 1.29 is 29.0 Å². The fourth-order valence-corrected chi connectivity index (χ4v) is 2.86. The lowest BCUT2D eigenvalue weighted by molar-refractivity contribution is -0.131. The van der Waals surface area contributed by atoms with Crippen LogP contribution in [0.1, 0.15) is 15.2 Å². The number of carboxylic acids is 1. The highest BCUT2D eigenvalue weighted by atomic mass is 16.5. The topological polar surface area (TPSA) is 107 Å². The maximum Gasteiger partial charge on any atom is 0.328 e. The second kappa shape index (κ2) is 8.30. The summed E-state index contributed by atoms with van der Waals surface area (Å²) in [7, 11) is 3.00. The Morgan fingerprint density at radius 2 is 1.79 bits per heavy atom. The number of nitrogens with zero attached hydrogens (tertiary/aromatic N) is 1. The quantitative estimate of drug-likeness (QED) is 0.622. The van der Waals surface area contributed by atoms with Crippen LogP contribution in [0.5, 0.6) is 11.5 Å². The van der Waals surface area contributed by atoms with E-state index >= 15 is 0 Å². The van der Waals surface area contributed by atoms with Crippen molar-refractivity contribution in [2.24, 2.45) is 0 Å². The maximum atomic E-state index is 12.9. The lowest BCUT2D eigenvalue weighted by Crippen LogP contribution is -2.13. The molecule has 3 aromatic rings. The normalized spacial score (nSPS) is 10.8. The summed E-state index contributed by atoms with van der Waals surface area (Å²) in [5.74, 6) is -1.27.